The highest BCUT2D eigenvalue weighted by atomic mass is 35.5. The molecule has 0 radical (unpaired) electrons. The van der Waals surface area contributed by atoms with Gasteiger partial charge in [0.15, 0.2) is 5.75 Å². The second-order valence-electron chi connectivity index (χ2n) is 6.81. The maximum absolute atomic E-state index is 12.9. The van der Waals surface area contributed by atoms with E-state index >= 15 is 0 Å². The summed E-state index contributed by atoms with van der Waals surface area (Å²) in [6, 6.07) is 10.6. The van der Waals surface area contributed by atoms with Gasteiger partial charge >= 0.3 is 6.03 Å². The highest BCUT2D eigenvalue weighted by Crippen LogP contribution is 2.35. The first-order valence-electron chi connectivity index (χ1n) is 8.86. The van der Waals surface area contributed by atoms with Gasteiger partial charge in [0.1, 0.15) is 5.57 Å². The van der Waals surface area contributed by atoms with Gasteiger partial charge in [-0.15, -0.1) is 0 Å². The van der Waals surface area contributed by atoms with Gasteiger partial charge in [-0.25, -0.2) is 9.69 Å². The molecule has 0 aliphatic carbocycles. The van der Waals surface area contributed by atoms with Crippen LogP contribution in [0.25, 0.3) is 6.08 Å². The van der Waals surface area contributed by atoms with Gasteiger partial charge in [0.25, 0.3) is 11.8 Å². The number of carbonyl (C=O) groups excluding carboxylic acids is 3. The smallest absolute Gasteiger partial charge is 0.335 e. The quantitative estimate of drug-likeness (QED) is 0.548. The Hall–Kier alpha value is -2.83. The number of imide groups is 2. The van der Waals surface area contributed by atoms with E-state index in [0.717, 1.165) is 4.90 Å². The zero-order chi connectivity index (χ0) is 21.1. The van der Waals surface area contributed by atoms with Crippen molar-refractivity contribution >= 4 is 52.8 Å². The van der Waals surface area contributed by atoms with E-state index in [0.29, 0.717) is 23.6 Å². The number of amides is 4. The van der Waals surface area contributed by atoms with E-state index in [1.807, 2.05) is 13.8 Å². The first kappa shape index (κ1) is 20.9. The largest absolute Gasteiger partial charge is 0.490 e. The van der Waals surface area contributed by atoms with E-state index in [1.165, 1.54) is 6.08 Å². The first-order chi connectivity index (χ1) is 13.8. The number of rotatable bonds is 5. The topological polar surface area (TPSA) is 75.7 Å². The monoisotopic (exact) mass is 432 g/mol. The molecule has 0 spiro atoms. The molecule has 6 nitrogen and oxygen atoms in total. The van der Waals surface area contributed by atoms with Gasteiger partial charge in [-0.2, -0.15) is 0 Å². The molecule has 0 aromatic heterocycles. The maximum atomic E-state index is 12.9. The summed E-state index contributed by atoms with van der Waals surface area (Å²) in [5.41, 5.74) is 0.566. The van der Waals surface area contributed by atoms with Crippen molar-refractivity contribution < 1.29 is 19.1 Å². The summed E-state index contributed by atoms with van der Waals surface area (Å²) in [6.45, 7) is 4.43. The summed E-state index contributed by atoms with van der Waals surface area (Å²) < 4.78 is 5.62. The predicted octanol–water partition coefficient (Wildman–Crippen LogP) is 4.69. The van der Waals surface area contributed by atoms with Crippen LogP contribution >= 0.6 is 23.2 Å². The minimum Gasteiger partial charge on any atom is -0.490 e. The molecular formula is C21H18Cl2N2O4. The lowest BCUT2D eigenvalue weighted by molar-refractivity contribution is -0.122. The van der Waals surface area contributed by atoms with Gasteiger partial charge < -0.3 is 4.74 Å². The predicted molar refractivity (Wildman–Crippen MR) is 112 cm³/mol. The normalized spacial score (nSPS) is 15.8. The number of benzene rings is 2. The number of nitrogens with zero attached hydrogens (tertiary/aromatic N) is 1. The summed E-state index contributed by atoms with van der Waals surface area (Å²) in [4.78, 5) is 38.2. The lowest BCUT2D eigenvalue weighted by Gasteiger charge is -2.26. The van der Waals surface area contributed by atoms with Crippen molar-refractivity contribution in [3.8, 4) is 5.75 Å². The van der Waals surface area contributed by atoms with Crippen LogP contribution in [0.5, 0.6) is 5.75 Å². The number of hydrogen-bond acceptors (Lipinski definition) is 4. The van der Waals surface area contributed by atoms with Crippen LogP contribution < -0.4 is 15.0 Å². The number of para-hydroxylation sites is 1. The van der Waals surface area contributed by atoms with Gasteiger partial charge in [-0.3, -0.25) is 14.9 Å². The molecule has 0 bridgehead atoms. The fourth-order valence-electron chi connectivity index (χ4n) is 2.69. The first-order valence-corrected chi connectivity index (χ1v) is 9.62. The van der Waals surface area contributed by atoms with Crippen molar-refractivity contribution in [1.29, 1.82) is 0 Å². The number of barbiturate groups is 1. The molecule has 3 rings (SSSR count). The van der Waals surface area contributed by atoms with E-state index < -0.39 is 17.8 Å². The Bertz CT molecular complexity index is 980. The van der Waals surface area contributed by atoms with Gasteiger partial charge in [0.05, 0.1) is 22.3 Å². The van der Waals surface area contributed by atoms with E-state index in [1.54, 1.807) is 42.5 Å². The number of hydrogen-bond donors (Lipinski definition) is 1. The molecular weight excluding hydrogens is 415 g/mol. The Morgan fingerprint density at radius 2 is 1.69 bits per heavy atom. The van der Waals surface area contributed by atoms with E-state index in [9.17, 15) is 14.4 Å². The average Bonchev–Trinajstić information content (AvgIpc) is 2.65. The van der Waals surface area contributed by atoms with E-state index in [2.05, 4.69) is 5.32 Å². The van der Waals surface area contributed by atoms with Gasteiger partial charge in [0, 0.05) is 0 Å². The standard InChI is InChI=1S/C21H18Cl2N2O4/c1-12(2)11-29-18-16(22)9-13(10-17(18)23)8-15-19(26)24-21(28)25(20(15)27)14-6-4-3-5-7-14/h3-10,12H,11H2,1-2H3,(H,24,26,28)/b15-8+. The highest BCUT2D eigenvalue weighted by Gasteiger charge is 2.36. The van der Waals surface area contributed by atoms with Crippen LogP contribution in [0.4, 0.5) is 10.5 Å². The molecule has 150 valence electrons. The molecule has 4 amide bonds. The summed E-state index contributed by atoms with van der Waals surface area (Å²) in [5, 5.41) is 2.68. The Morgan fingerprint density at radius 3 is 2.28 bits per heavy atom. The van der Waals surface area contributed by atoms with Crippen molar-refractivity contribution in [1.82, 2.24) is 5.32 Å². The second-order valence-corrected chi connectivity index (χ2v) is 7.63. The average molecular weight is 433 g/mol. The Kier molecular flexibility index (Phi) is 6.25. The fourth-order valence-corrected chi connectivity index (χ4v) is 3.30. The molecule has 8 heteroatoms. The molecule has 2 aromatic rings. The zero-order valence-corrected chi connectivity index (χ0v) is 17.3. The van der Waals surface area contributed by atoms with Gasteiger partial charge in [-0.1, -0.05) is 55.2 Å². The van der Waals surface area contributed by atoms with Crippen molar-refractivity contribution in [2.45, 2.75) is 13.8 Å². The van der Waals surface area contributed by atoms with Crippen molar-refractivity contribution in [3.63, 3.8) is 0 Å². The Morgan fingerprint density at radius 1 is 1.07 bits per heavy atom. The Labute approximate surface area is 178 Å². The van der Waals surface area contributed by atoms with E-state index in [4.69, 9.17) is 27.9 Å². The van der Waals surface area contributed by atoms with Crippen LogP contribution in [-0.4, -0.2) is 24.5 Å². The number of anilines is 1. The van der Waals surface area contributed by atoms with Crippen LogP contribution in [0.1, 0.15) is 19.4 Å². The van der Waals surface area contributed by atoms with Crippen LogP contribution in [0, 0.1) is 5.92 Å². The number of carbonyl (C=O) groups is 3. The van der Waals surface area contributed by atoms with Gasteiger partial charge in [0.2, 0.25) is 0 Å². The number of ether oxygens (including phenoxy) is 1. The molecule has 0 atom stereocenters. The van der Waals surface area contributed by atoms with Gasteiger partial charge in [-0.05, 0) is 41.8 Å². The minimum absolute atomic E-state index is 0.212. The molecule has 1 aliphatic heterocycles. The van der Waals surface area contributed by atoms with Crippen LogP contribution in [0.2, 0.25) is 10.0 Å². The number of nitrogens with one attached hydrogen (secondary N) is 1. The van der Waals surface area contributed by atoms with Crippen LogP contribution in [-0.2, 0) is 9.59 Å². The molecule has 1 saturated heterocycles. The highest BCUT2D eigenvalue weighted by molar-refractivity contribution is 6.40. The van der Waals surface area contributed by atoms with Crippen LogP contribution in [0.3, 0.4) is 0 Å². The van der Waals surface area contributed by atoms with Crippen molar-refractivity contribution in [2.75, 3.05) is 11.5 Å². The third kappa shape index (κ3) is 4.60. The lowest BCUT2D eigenvalue weighted by atomic mass is 10.1. The molecule has 0 saturated carbocycles. The molecule has 2 aromatic carbocycles. The molecule has 1 fully saturated rings. The van der Waals surface area contributed by atoms with Crippen molar-refractivity contribution in [2.24, 2.45) is 5.92 Å². The minimum atomic E-state index is -0.808. The molecule has 1 heterocycles. The summed E-state index contributed by atoms with van der Waals surface area (Å²) in [6.07, 6.45) is 1.34. The SMILES string of the molecule is CC(C)COc1c(Cl)cc(/C=C2\C(=O)NC(=O)N(c3ccccc3)C2=O)cc1Cl. The van der Waals surface area contributed by atoms with Crippen molar-refractivity contribution in [3.05, 3.63) is 63.6 Å². The summed E-state index contributed by atoms with van der Waals surface area (Å²) >= 11 is 12.5. The third-order valence-electron chi connectivity index (χ3n) is 4.01. The van der Waals surface area contributed by atoms with Crippen LogP contribution in [0.15, 0.2) is 48.0 Å². The molecule has 29 heavy (non-hydrogen) atoms. The molecule has 1 aliphatic rings. The van der Waals surface area contributed by atoms with E-state index in [-0.39, 0.29) is 21.5 Å². The fraction of sp³-hybridized carbons (Fsp3) is 0.190. The Balaban J connectivity index is 1.95. The summed E-state index contributed by atoms with van der Waals surface area (Å²) in [7, 11) is 0. The zero-order valence-electron chi connectivity index (χ0n) is 15.7. The number of halogens is 2. The second kappa shape index (κ2) is 8.68. The summed E-state index contributed by atoms with van der Waals surface area (Å²) in [5.74, 6) is -0.907. The molecule has 1 N–H and O–H groups in total. The molecule has 0 unspecified atom stereocenters. The third-order valence-corrected chi connectivity index (χ3v) is 4.57. The number of urea groups is 1. The maximum Gasteiger partial charge on any atom is 0.335 e. The lowest BCUT2D eigenvalue weighted by Crippen LogP contribution is -2.54.